The van der Waals surface area contributed by atoms with E-state index in [1.807, 2.05) is 49.4 Å². The molecule has 0 radical (unpaired) electrons. The van der Waals surface area contributed by atoms with Crippen LogP contribution < -0.4 is 15.6 Å². The zero-order valence-electron chi connectivity index (χ0n) is 21.1. The molecule has 0 saturated carbocycles. The molecule has 1 heterocycles. The number of hydrogen-bond donors (Lipinski definition) is 2. The van der Waals surface area contributed by atoms with E-state index in [-0.39, 0.29) is 18.2 Å². The molecule has 196 valence electrons. The highest BCUT2D eigenvalue weighted by molar-refractivity contribution is 7.92. The van der Waals surface area contributed by atoms with Crippen LogP contribution in [-0.2, 0) is 21.1 Å². The third-order valence-corrected chi connectivity index (χ3v) is 8.29. The number of amidine groups is 1. The number of para-hydroxylation sites is 1. The number of halogens is 1. The van der Waals surface area contributed by atoms with Gasteiger partial charge in [-0.3, -0.25) is 15.6 Å². The van der Waals surface area contributed by atoms with Crippen LogP contribution in [0.2, 0.25) is 5.02 Å². The number of benzene rings is 2. The van der Waals surface area contributed by atoms with Crippen molar-refractivity contribution >= 4 is 38.9 Å². The summed E-state index contributed by atoms with van der Waals surface area (Å²) in [5, 5.41) is -0.483. The lowest BCUT2D eigenvalue weighted by Gasteiger charge is -2.20. The van der Waals surface area contributed by atoms with Crippen LogP contribution in [0.25, 0.3) is 0 Å². The third kappa shape index (κ3) is 7.74. The predicted molar refractivity (Wildman–Crippen MR) is 145 cm³/mol. The number of aromatic nitrogens is 2. The van der Waals surface area contributed by atoms with E-state index in [4.69, 9.17) is 16.3 Å². The fourth-order valence-electron chi connectivity index (χ4n) is 3.54. The Hall–Kier alpha value is -3.50. The second-order valence-electron chi connectivity index (χ2n) is 8.58. The van der Waals surface area contributed by atoms with Gasteiger partial charge in [-0.2, -0.15) is 0 Å². The van der Waals surface area contributed by atoms with Crippen molar-refractivity contribution in [2.75, 3.05) is 12.9 Å². The van der Waals surface area contributed by atoms with Crippen molar-refractivity contribution in [3.63, 3.8) is 0 Å². The van der Waals surface area contributed by atoms with Crippen LogP contribution in [0, 0.1) is 6.92 Å². The monoisotopic (exact) mass is 543 g/mol. The van der Waals surface area contributed by atoms with Crippen LogP contribution in [0.5, 0.6) is 5.75 Å². The van der Waals surface area contributed by atoms with Gasteiger partial charge in [0.2, 0.25) is 5.91 Å². The molecule has 11 heteroatoms. The van der Waals surface area contributed by atoms with Crippen LogP contribution in [0.3, 0.4) is 0 Å². The van der Waals surface area contributed by atoms with Crippen molar-refractivity contribution < 1.29 is 17.9 Å². The maximum atomic E-state index is 13.4. The number of nitrogens with zero attached hydrogens (tertiary/aromatic N) is 3. The first-order chi connectivity index (χ1) is 17.6. The van der Waals surface area contributed by atoms with Crippen LogP contribution in [0.15, 0.2) is 65.9 Å². The molecule has 9 nitrogen and oxygen atoms in total. The van der Waals surface area contributed by atoms with Crippen molar-refractivity contribution in [3.8, 4) is 5.75 Å². The zero-order chi connectivity index (χ0) is 27.0. The van der Waals surface area contributed by atoms with Crippen molar-refractivity contribution in [1.82, 2.24) is 20.8 Å². The summed E-state index contributed by atoms with van der Waals surface area (Å²) >= 11 is 5.87. The maximum Gasteiger partial charge on any atom is 0.242 e. The summed E-state index contributed by atoms with van der Waals surface area (Å²) < 4.78 is 32.3. The molecule has 0 fully saturated rings. The average Bonchev–Trinajstić information content (AvgIpc) is 2.88. The van der Waals surface area contributed by atoms with Gasteiger partial charge in [-0.05, 0) is 31.0 Å². The molecule has 2 aromatic carbocycles. The number of rotatable bonds is 9. The summed E-state index contributed by atoms with van der Waals surface area (Å²) in [6.45, 7) is 5.17. The van der Waals surface area contributed by atoms with Crippen LogP contribution in [0.4, 0.5) is 5.69 Å². The number of ether oxygens (including phenoxy) is 1. The molecular formula is C26H30ClN5O4S. The molecule has 1 amide bonds. The standard InChI is InChI=1S/C26H30ClN5O4S/c1-17-9-8-12-22(36-4)25(17)30-23(31-32-24(33)13-20-10-6-5-7-11-20)16-37(34,35)19(3)18(2)26-28-14-21(27)15-29-26/h5-12,14-15,18-19H,13,16H2,1-4H3,(H,30,31)(H,32,33)/t18-,19-/m0/s1. The van der Waals surface area contributed by atoms with Gasteiger partial charge in [0.25, 0.3) is 0 Å². The number of hydrazine groups is 1. The van der Waals surface area contributed by atoms with Gasteiger partial charge in [0.1, 0.15) is 28.8 Å². The minimum atomic E-state index is -3.77. The number of carbonyl (C=O) groups excluding carboxylic acids is 1. The SMILES string of the molecule is COc1cccc(C)c1N=C(CS(=O)(=O)[C@@H](C)[C@H](C)c1ncc(Cl)cn1)NNC(=O)Cc1ccccc1. The Kier molecular flexibility index (Phi) is 9.60. The zero-order valence-corrected chi connectivity index (χ0v) is 22.7. The lowest BCUT2D eigenvalue weighted by atomic mass is 10.1. The van der Waals surface area contributed by atoms with Gasteiger partial charge in [-0.1, -0.05) is 61.0 Å². The largest absolute Gasteiger partial charge is 0.494 e. The van der Waals surface area contributed by atoms with Gasteiger partial charge in [0.15, 0.2) is 9.84 Å². The van der Waals surface area contributed by atoms with E-state index in [1.165, 1.54) is 19.5 Å². The van der Waals surface area contributed by atoms with Crippen LogP contribution >= 0.6 is 11.6 Å². The molecular weight excluding hydrogens is 514 g/mol. The molecule has 0 aliphatic carbocycles. The second-order valence-corrected chi connectivity index (χ2v) is 11.4. The highest BCUT2D eigenvalue weighted by atomic mass is 35.5. The number of carbonyl (C=O) groups is 1. The Bertz CT molecular complexity index is 1350. The summed E-state index contributed by atoms with van der Waals surface area (Å²) in [4.78, 5) is 25.4. The summed E-state index contributed by atoms with van der Waals surface area (Å²) in [7, 11) is -2.27. The Labute approximate surface area is 222 Å². The molecule has 37 heavy (non-hydrogen) atoms. The first kappa shape index (κ1) is 28.1. The number of nitrogens with one attached hydrogen (secondary N) is 2. The van der Waals surface area contributed by atoms with Gasteiger partial charge in [-0.15, -0.1) is 0 Å². The van der Waals surface area contributed by atoms with E-state index in [1.54, 1.807) is 19.9 Å². The molecule has 0 spiro atoms. The lowest BCUT2D eigenvalue weighted by molar-refractivity contribution is -0.121. The average molecular weight is 544 g/mol. The number of aryl methyl sites for hydroxylation is 1. The Morgan fingerprint density at radius 1 is 1.05 bits per heavy atom. The van der Waals surface area contributed by atoms with Crippen molar-refractivity contribution in [2.24, 2.45) is 4.99 Å². The smallest absolute Gasteiger partial charge is 0.242 e. The van der Waals surface area contributed by atoms with Crippen molar-refractivity contribution in [1.29, 1.82) is 0 Å². The Balaban J connectivity index is 1.86. The van der Waals surface area contributed by atoms with Crippen LogP contribution in [0.1, 0.15) is 36.7 Å². The fraction of sp³-hybridized carbons (Fsp3) is 0.308. The van der Waals surface area contributed by atoms with Crippen molar-refractivity contribution in [2.45, 2.75) is 38.4 Å². The maximum absolute atomic E-state index is 13.4. The van der Waals surface area contributed by atoms with E-state index in [0.717, 1.165) is 11.1 Å². The molecule has 0 aliphatic heterocycles. The number of hydrogen-bond acceptors (Lipinski definition) is 7. The molecule has 2 atom stereocenters. The molecule has 0 saturated heterocycles. The predicted octanol–water partition coefficient (Wildman–Crippen LogP) is 3.95. The quantitative estimate of drug-likeness (QED) is 0.238. The molecule has 0 bridgehead atoms. The Morgan fingerprint density at radius 3 is 2.38 bits per heavy atom. The molecule has 0 unspecified atom stereocenters. The number of amides is 1. The summed E-state index contributed by atoms with van der Waals surface area (Å²) in [6, 6.07) is 14.6. The van der Waals surface area contributed by atoms with E-state index < -0.39 is 26.8 Å². The fourth-order valence-corrected chi connectivity index (χ4v) is 5.16. The molecule has 2 N–H and O–H groups in total. The second kappa shape index (κ2) is 12.6. The van der Waals surface area contributed by atoms with Crippen molar-refractivity contribution in [3.05, 3.63) is 82.9 Å². The van der Waals surface area contributed by atoms with Gasteiger partial charge in [0.05, 0.1) is 23.8 Å². The Morgan fingerprint density at radius 2 is 1.73 bits per heavy atom. The summed E-state index contributed by atoms with van der Waals surface area (Å²) in [5.74, 6) is -0.430. The minimum absolute atomic E-state index is 0.0464. The summed E-state index contributed by atoms with van der Waals surface area (Å²) in [5.41, 5.74) is 7.36. The van der Waals surface area contributed by atoms with E-state index in [2.05, 4.69) is 25.8 Å². The first-order valence-electron chi connectivity index (χ1n) is 11.6. The van der Waals surface area contributed by atoms with E-state index >= 15 is 0 Å². The van der Waals surface area contributed by atoms with Gasteiger partial charge < -0.3 is 4.74 Å². The molecule has 0 aliphatic rings. The van der Waals surface area contributed by atoms with Gasteiger partial charge >= 0.3 is 0 Å². The highest BCUT2D eigenvalue weighted by Gasteiger charge is 2.31. The van der Waals surface area contributed by atoms with E-state index in [9.17, 15) is 13.2 Å². The minimum Gasteiger partial charge on any atom is -0.494 e. The summed E-state index contributed by atoms with van der Waals surface area (Å²) in [6.07, 6.45) is 2.98. The van der Waals surface area contributed by atoms with Gasteiger partial charge in [0, 0.05) is 18.3 Å². The molecule has 3 rings (SSSR count). The van der Waals surface area contributed by atoms with E-state index in [0.29, 0.717) is 22.3 Å². The topological polar surface area (TPSA) is 123 Å². The number of methoxy groups -OCH3 is 1. The number of aliphatic imine (C=N–C) groups is 1. The third-order valence-electron chi connectivity index (χ3n) is 5.88. The normalized spacial score (nSPS) is 13.5. The molecule has 1 aromatic heterocycles. The first-order valence-corrected chi connectivity index (χ1v) is 13.7. The van der Waals surface area contributed by atoms with Gasteiger partial charge in [-0.25, -0.2) is 23.4 Å². The highest BCUT2D eigenvalue weighted by Crippen LogP contribution is 2.31. The lowest BCUT2D eigenvalue weighted by Crippen LogP contribution is -2.46. The number of sulfone groups is 1. The molecule has 3 aromatic rings. The van der Waals surface area contributed by atoms with Crippen LogP contribution in [-0.4, -0.2) is 48.2 Å².